The second kappa shape index (κ2) is 8.44. The number of rotatable bonds is 6. The van der Waals surface area contributed by atoms with Crippen molar-refractivity contribution in [3.8, 4) is 5.75 Å². The van der Waals surface area contributed by atoms with Gasteiger partial charge in [-0.2, -0.15) is 0 Å². The number of benzene rings is 2. The monoisotopic (exact) mass is 427 g/mol. The number of methoxy groups -OCH3 is 1. The molecule has 140 valence electrons. The lowest BCUT2D eigenvalue weighted by molar-refractivity contribution is -0.125. The van der Waals surface area contributed by atoms with E-state index in [0.29, 0.717) is 18.8 Å². The first-order valence-electron chi connectivity index (χ1n) is 8.90. The first-order chi connectivity index (χ1) is 13.0. The Kier molecular flexibility index (Phi) is 6.01. The number of hydrogen-bond donors (Lipinski definition) is 0. The molecular formula is C22H22BrNO3. The van der Waals surface area contributed by atoms with Gasteiger partial charge in [0.2, 0.25) is 5.91 Å². The maximum atomic E-state index is 12.7. The molecule has 3 rings (SSSR count). The van der Waals surface area contributed by atoms with Gasteiger partial charge in [0.1, 0.15) is 17.1 Å². The molecule has 0 aliphatic rings. The zero-order valence-electron chi connectivity index (χ0n) is 15.7. The smallest absolute Gasteiger partial charge is 0.247 e. The number of fused-ring (bicyclic) bond motifs is 1. The molecule has 0 saturated heterocycles. The lowest BCUT2D eigenvalue weighted by Crippen LogP contribution is -2.29. The number of likely N-dealkylation sites (N-methyl/N-ethyl adjacent to an activating group) is 1. The molecule has 0 atom stereocenters. The van der Waals surface area contributed by atoms with Gasteiger partial charge in [0.15, 0.2) is 0 Å². The Bertz CT molecular complexity index is 969. The van der Waals surface area contributed by atoms with Crippen molar-refractivity contribution in [3.63, 3.8) is 0 Å². The highest BCUT2D eigenvalue weighted by Gasteiger charge is 2.16. The van der Waals surface area contributed by atoms with Gasteiger partial charge in [-0.25, -0.2) is 0 Å². The van der Waals surface area contributed by atoms with Gasteiger partial charge in [-0.15, -0.1) is 0 Å². The minimum atomic E-state index is -0.0348. The summed E-state index contributed by atoms with van der Waals surface area (Å²) in [6.45, 7) is 5.27. The predicted molar refractivity (Wildman–Crippen MR) is 112 cm³/mol. The number of carbonyl (C=O) groups excluding carboxylic acids is 1. The lowest BCUT2D eigenvalue weighted by atomic mass is 10.0. The van der Waals surface area contributed by atoms with Crippen LogP contribution in [0.5, 0.6) is 5.75 Å². The highest BCUT2D eigenvalue weighted by Crippen LogP contribution is 2.31. The summed E-state index contributed by atoms with van der Waals surface area (Å²) in [5.74, 6) is 1.39. The number of nitrogens with zero attached hydrogens (tertiary/aromatic N) is 1. The standard InChI is InChI=1S/C22H22BrNO3/c1-4-24(5-2)22(25)14-19(15-6-9-18(26-3)10-7-15)21-13-16-12-17(23)8-11-20(16)27-21/h6-14H,4-5H2,1-3H3/b19-14-. The largest absolute Gasteiger partial charge is 0.497 e. The van der Waals surface area contributed by atoms with Crippen LogP contribution in [0.1, 0.15) is 25.2 Å². The Labute approximate surface area is 167 Å². The average Bonchev–Trinajstić information content (AvgIpc) is 3.10. The second-order valence-corrected chi connectivity index (χ2v) is 7.01. The molecule has 0 unspecified atom stereocenters. The molecule has 27 heavy (non-hydrogen) atoms. The summed E-state index contributed by atoms with van der Waals surface area (Å²) < 4.78 is 12.3. The molecular weight excluding hydrogens is 406 g/mol. The summed E-state index contributed by atoms with van der Waals surface area (Å²) in [6, 6.07) is 15.4. The van der Waals surface area contributed by atoms with Crippen LogP contribution in [0, 0.1) is 0 Å². The highest BCUT2D eigenvalue weighted by molar-refractivity contribution is 9.10. The number of ether oxygens (including phenoxy) is 1. The molecule has 0 bridgehead atoms. The van der Waals surface area contributed by atoms with Gasteiger partial charge in [-0.3, -0.25) is 4.79 Å². The molecule has 0 aliphatic carbocycles. The third kappa shape index (κ3) is 4.25. The molecule has 0 spiro atoms. The number of amides is 1. The Hall–Kier alpha value is -2.53. The minimum Gasteiger partial charge on any atom is -0.497 e. The SMILES string of the molecule is CCN(CC)C(=O)/C=C(/c1ccc(OC)cc1)c1cc2cc(Br)ccc2o1. The maximum Gasteiger partial charge on any atom is 0.247 e. The summed E-state index contributed by atoms with van der Waals surface area (Å²) in [5.41, 5.74) is 2.43. The molecule has 3 aromatic rings. The van der Waals surface area contributed by atoms with Crippen LogP contribution in [-0.2, 0) is 4.79 Å². The van der Waals surface area contributed by atoms with Crippen molar-refractivity contribution in [2.75, 3.05) is 20.2 Å². The van der Waals surface area contributed by atoms with Crippen LogP contribution >= 0.6 is 15.9 Å². The van der Waals surface area contributed by atoms with Gasteiger partial charge in [0.05, 0.1) is 7.11 Å². The van der Waals surface area contributed by atoms with Crippen LogP contribution in [0.2, 0.25) is 0 Å². The summed E-state index contributed by atoms with van der Waals surface area (Å²) in [5, 5.41) is 0.981. The zero-order chi connectivity index (χ0) is 19.4. The van der Waals surface area contributed by atoms with Crippen molar-refractivity contribution in [1.29, 1.82) is 0 Å². The third-order valence-electron chi connectivity index (χ3n) is 4.49. The van der Waals surface area contributed by atoms with E-state index in [2.05, 4.69) is 15.9 Å². The highest BCUT2D eigenvalue weighted by atomic mass is 79.9. The Morgan fingerprint density at radius 2 is 1.81 bits per heavy atom. The summed E-state index contributed by atoms with van der Waals surface area (Å²) in [4.78, 5) is 14.5. The van der Waals surface area contributed by atoms with Gasteiger partial charge in [0.25, 0.3) is 0 Å². The fourth-order valence-corrected chi connectivity index (χ4v) is 3.34. The van der Waals surface area contributed by atoms with E-state index in [1.165, 1.54) is 0 Å². The van der Waals surface area contributed by atoms with E-state index in [4.69, 9.17) is 9.15 Å². The van der Waals surface area contributed by atoms with E-state index in [-0.39, 0.29) is 5.91 Å². The maximum absolute atomic E-state index is 12.7. The molecule has 1 aromatic heterocycles. The van der Waals surface area contributed by atoms with E-state index in [9.17, 15) is 4.79 Å². The van der Waals surface area contributed by atoms with Crippen LogP contribution in [0.4, 0.5) is 0 Å². The number of furan rings is 1. The first-order valence-corrected chi connectivity index (χ1v) is 9.69. The van der Waals surface area contributed by atoms with Crippen molar-refractivity contribution in [2.45, 2.75) is 13.8 Å². The van der Waals surface area contributed by atoms with Crippen molar-refractivity contribution >= 4 is 38.4 Å². The van der Waals surface area contributed by atoms with Crippen LogP contribution in [-0.4, -0.2) is 31.0 Å². The van der Waals surface area contributed by atoms with Crippen LogP contribution in [0.15, 0.2) is 63.5 Å². The van der Waals surface area contributed by atoms with Gasteiger partial charge in [0, 0.05) is 34.6 Å². The number of hydrogen-bond acceptors (Lipinski definition) is 3. The van der Waals surface area contributed by atoms with Gasteiger partial charge >= 0.3 is 0 Å². The number of carbonyl (C=O) groups is 1. The van der Waals surface area contributed by atoms with Gasteiger partial charge in [-0.1, -0.05) is 28.1 Å². The molecule has 0 saturated carbocycles. The van der Waals surface area contributed by atoms with Gasteiger partial charge < -0.3 is 14.1 Å². The van der Waals surface area contributed by atoms with Gasteiger partial charge in [-0.05, 0) is 55.8 Å². The molecule has 0 aliphatic heterocycles. The lowest BCUT2D eigenvalue weighted by Gasteiger charge is -2.17. The topological polar surface area (TPSA) is 42.7 Å². The summed E-state index contributed by atoms with van der Waals surface area (Å²) >= 11 is 3.49. The fraction of sp³-hybridized carbons (Fsp3) is 0.227. The Morgan fingerprint density at radius 3 is 2.44 bits per heavy atom. The van der Waals surface area contributed by atoms with Crippen molar-refractivity contribution in [3.05, 3.63) is 70.4 Å². The molecule has 1 amide bonds. The molecule has 0 fully saturated rings. The average molecular weight is 428 g/mol. The van der Waals surface area contributed by atoms with E-state index in [1.54, 1.807) is 18.1 Å². The fourth-order valence-electron chi connectivity index (χ4n) is 2.96. The van der Waals surface area contributed by atoms with Crippen LogP contribution in [0.25, 0.3) is 16.5 Å². The molecule has 0 N–H and O–H groups in total. The van der Waals surface area contributed by atoms with E-state index in [1.807, 2.05) is 62.4 Å². The van der Waals surface area contributed by atoms with Crippen molar-refractivity contribution in [1.82, 2.24) is 4.90 Å². The summed E-state index contributed by atoms with van der Waals surface area (Å²) in [6.07, 6.45) is 1.65. The van der Waals surface area contributed by atoms with E-state index in [0.717, 1.165) is 32.3 Å². The van der Waals surface area contributed by atoms with E-state index < -0.39 is 0 Å². The summed E-state index contributed by atoms with van der Waals surface area (Å²) in [7, 11) is 1.63. The normalized spacial score (nSPS) is 11.6. The van der Waals surface area contributed by atoms with Crippen molar-refractivity contribution < 1.29 is 13.9 Å². The number of halogens is 1. The molecule has 0 radical (unpaired) electrons. The zero-order valence-corrected chi connectivity index (χ0v) is 17.2. The van der Waals surface area contributed by atoms with Crippen LogP contribution in [0.3, 0.4) is 0 Å². The predicted octanol–water partition coefficient (Wildman–Crippen LogP) is 5.50. The van der Waals surface area contributed by atoms with E-state index >= 15 is 0 Å². The Balaban J connectivity index is 2.11. The van der Waals surface area contributed by atoms with Crippen molar-refractivity contribution in [2.24, 2.45) is 0 Å². The first kappa shape index (κ1) is 19.2. The molecule has 4 nitrogen and oxygen atoms in total. The molecule has 1 heterocycles. The second-order valence-electron chi connectivity index (χ2n) is 6.09. The van der Waals surface area contributed by atoms with Crippen LogP contribution < -0.4 is 4.74 Å². The quantitative estimate of drug-likeness (QED) is 0.487. The Morgan fingerprint density at radius 1 is 1.11 bits per heavy atom. The molecule has 2 aromatic carbocycles. The third-order valence-corrected chi connectivity index (χ3v) is 4.98. The molecule has 5 heteroatoms. The minimum absolute atomic E-state index is 0.0348.